The molecule has 1 saturated heterocycles. The molecule has 0 aliphatic carbocycles. The van der Waals surface area contributed by atoms with Gasteiger partial charge >= 0.3 is 0 Å². The van der Waals surface area contributed by atoms with Crippen LogP contribution in [-0.4, -0.2) is 63.5 Å². The summed E-state index contributed by atoms with van der Waals surface area (Å²) in [6.07, 6.45) is 3.15. The first kappa shape index (κ1) is 18.7. The minimum atomic E-state index is -0.336. The van der Waals surface area contributed by atoms with E-state index < -0.39 is 0 Å². The molecule has 0 spiro atoms. The summed E-state index contributed by atoms with van der Waals surface area (Å²) in [5.74, 6) is 1.51. The first-order chi connectivity index (χ1) is 13.2. The van der Waals surface area contributed by atoms with E-state index in [0.717, 1.165) is 13.1 Å². The maximum absolute atomic E-state index is 12.6. The summed E-state index contributed by atoms with van der Waals surface area (Å²) in [7, 11) is 4.50. The Kier molecular flexibility index (Phi) is 5.92. The number of nitrogens with one attached hydrogen (secondary N) is 1. The Morgan fingerprint density at radius 3 is 2.15 bits per heavy atom. The number of rotatable bonds is 6. The van der Waals surface area contributed by atoms with Crippen LogP contribution in [0, 0.1) is 0 Å². The van der Waals surface area contributed by atoms with Crippen LogP contribution in [-0.2, 0) is 4.74 Å². The van der Waals surface area contributed by atoms with Crippen molar-refractivity contribution in [3.8, 4) is 17.2 Å². The lowest BCUT2D eigenvalue weighted by Gasteiger charge is -2.26. The van der Waals surface area contributed by atoms with Gasteiger partial charge in [0.05, 0.1) is 52.6 Å². The average Bonchev–Trinajstić information content (AvgIpc) is 2.73. The molecule has 144 valence electrons. The van der Waals surface area contributed by atoms with Crippen LogP contribution >= 0.6 is 0 Å². The molecule has 1 aromatic carbocycles. The van der Waals surface area contributed by atoms with Gasteiger partial charge in [0.2, 0.25) is 11.7 Å². The minimum absolute atomic E-state index is 0.336. The highest BCUT2D eigenvalue weighted by atomic mass is 16.5. The van der Waals surface area contributed by atoms with Crippen molar-refractivity contribution in [2.45, 2.75) is 0 Å². The number of aromatic nitrogens is 2. The fourth-order valence-electron chi connectivity index (χ4n) is 2.73. The summed E-state index contributed by atoms with van der Waals surface area (Å²) in [6.45, 7) is 2.81. The standard InChI is InChI=1S/C18H22N4O5/c1-24-14-8-12(9-15(25-2)16(14)26-3)17(23)21-13-10-19-18(20-11-13)22-4-6-27-7-5-22/h8-11H,4-7H2,1-3H3,(H,21,23). The quantitative estimate of drug-likeness (QED) is 0.815. The second-order valence-corrected chi connectivity index (χ2v) is 5.74. The second-order valence-electron chi connectivity index (χ2n) is 5.74. The first-order valence-electron chi connectivity index (χ1n) is 8.42. The number of carbonyl (C=O) groups is 1. The van der Waals surface area contributed by atoms with Gasteiger partial charge in [-0.3, -0.25) is 4.79 Å². The van der Waals surface area contributed by atoms with E-state index in [1.807, 2.05) is 4.90 Å². The first-order valence-corrected chi connectivity index (χ1v) is 8.42. The van der Waals surface area contributed by atoms with E-state index in [-0.39, 0.29) is 5.91 Å². The Morgan fingerprint density at radius 1 is 1.04 bits per heavy atom. The Bertz CT molecular complexity index is 766. The van der Waals surface area contributed by atoms with Crippen molar-refractivity contribution < 1.29 is 23.7 Å². The van der Waals surface area contributed by atoms with E-state index in [0.29, 0.717) is 47.7 Å². The number of methoxy groups -OCH3 is 3. The van der Waals surface area contributed by atoms with Crippen LogP contribution in [0.4, 0.5) is 11.6 Å². The van der Waals surface area contributed by atoms with E-state index >= 15 is 0 Å². The molecule has 1 aliphatic heterocycles. The summed E-state index contributed by atoms with van der Waals surface area (Å²) >= 11 is 0. The van der Waals surface area contributed by atoms with Gasteiger partial charge in [0.15, 0.2) is 11.5 Å². The van der Waals surface area contributed by atoms with Crippen LogP contribution in [0.25, 0.3) is 0 Å². The summed E-state index contributed by atoms with van der Waals surface area (Å²) < 4.78 is 21.1. The smallest absolute Gasteiger partial charge is 0.256 e. The maximum Gasteiger partial charge on any atom is 0.256 e. The SMILES string of the molecule is COc1cc(C(=O)Nc2cnc(N3CCOCC3)nc2)cc(OC)c1OC. The lowest BCUT2D eigenvalue weighted by molar-refractivity contribution is 0.102. The van der Waals surface area contributed by atoms with Gasteiger partial charge in [-0.05, 0) is 12.1 Å². The van der Waals surface area contributed by atoms with Crippen molar-refractivity contribution >= 4 is 17.5 Å². The van der Waals surface area contributed by atoms with Crippen LogP contribution in [0.5, 0.6) is 17.2 Å². The van der Waals surface area contributed by atoms with E-state index in [9.17, 15) is 4.79 Å². The number of amides is 1. The molecular weight excluding hydrogens is 352 g/mol. The van der Waals surface area contributed by atoms with Gasteiger partial charge in [-0.25, -0.2) is 9.97 Å². The zero-order valence-electron chi connectivity index (χ0n) is 15.5. The molecule has 0 radical (unpaired) electrons. The molecule has 1 aromatic heterocycles. The number of ether oxygens (including phenoxy) is 4. The third-order valence-corrected chi connectivity index (χ3v) is 4.12. The number of carbonyl (C=O) groups excluding carboxylic acids is 1. The van der Waals surface area contributed by atoms with E-state index in [4.69, 9.17) is 18.9 Å². The number of hydrogen-bond acceptors (Lipinski definition) is 8. The van der Waals surface area contributed by atoms with Gasteiger partial charge in [0.25, 0.3) is 5.91 Å². The molecule has 1 fully saturated rings. The van der Waals surface area contributed by atoms with Crippen LogP contribution in [0.3, 0.4) is 0 Å². The van der Waals surface area contributed by atoms with Gasteiger partial charge in [-0.15, -0.1) is 0 Å². The van der Waals surface area contributed by atoms with Gasteiger partial charge in [0, 0.05) is 18.7 Å². The molecule has 3 rings (SSSR count). The minimum Gasteiger partial charge on any atom is -0.493 e. The molecule has 0 bridgehead atoms. The highest BCUT2D eigenvalue weighted by Gasteiger charge is 2.18. The summed E-state index contributed by atoms with van der Waals surface area (Å²) in [6, 6.07) is 3.17. The third-order valence-electron chi connectivity index (χ3n) is 4.12. The molecule has 1 aliphatic rings. The van der Waals surface area contributed by atoms with Crippen molar-refractivity contribution in [1.29, 1.82) is 0 Å². The number of nitrogens with zero attached hydrogens (tertiary/aromatic N) is 3. The van der Waals surface area contributed by atoms with Crippen molar-refractivity contribution in [1.82, 2.24) is 9.97 Å². The zero-order valence-corrected chi connectivity index (χ0v) is 15.5. The fourth-order valence-corrected chi connectivity index (χ4v) is 2.73. The molecule has 9 nitrogen and oxygen atoms in total. The predicted molar refractivity (Wildman–Crippen MR) is 99.1 cm³/mol. The normalized spacial score (nSPS) is 13.8. The lowest BCUT2D eigenvalue weighted by Crippen LogP contribution is -2.37. The Morgan fingerprint density at radius 2 is 1.63 bits per heavy atom. The highest BCUT2D eigenvalue weighted by Crippen LogP contribution is 2.38. The molecular formula is C18H22N4O5. The third kappa shape index (κ3) is 4.20. The Balaban J connectivity index is 1.75. The van der Waals surface area contributed by atoms with E-state index in [1.54, 1.807) is 24.5 Å². The zero-order chi connectivity index (χ0) is 19.2. The average molecular weight is 374 g/mol. The fraction of sp³-hybridized carbons (Fsp3) is 0.389. The van der Waals surface area contributed by atoms with Gasteiger partial charge < -0.3 is 29.2 Å². The van der Waals surface area contributed by atoms with Crippen LogP contribution in [0.15, 0.2) is 24.5 Å². The van der Waals surface area contributed by atoms with E-state index in [2.05, 4.69) is 15.3 Å². The van der Waals surface area contributed by atoms with Crippen molar-refractivity contribution in [3.05, 3.63) is 30.1 Å². The van der Waals surface area contributed by atoms with Crippen molar-refractivity contribution in [3.63, 3.8) is 0 Å². The van der Waals surface area contributed by atoms with E-state index in [1.165, 1.54) is 21.3 Å². The number of morpholine rings is 1. The van der Waals surface area contributed by atoms with Crippen LogP contribution < -0.4 is 24.4 Å². The van der Waals surface area contributed by atoms with Gasteiger partial charge in [-0.1, -0.05) is 0 Å². The molecule has 27 heavy (non-hydrogen) atoms. The van der Waals surface area contributed by atoms with Gasteiger partial charge in [-0.2, -0.15) is 0 Å². The molecule has 1 N–H and O–H groups in total. The Hall–Kier alpha value is -3.07. The molecule has 9 heteroatoms. The molecule has 2 aromatic rings. The summed E-state index contributed by atoms with van der Waals surface area (Å²) in [5, 5.41) is 2.77. The molecule has 1 amide bonds. The van der Waals surface area contributed by atoms with Crippen LogP contribution in [0.1, 0.15) is 10.4 Å². The van der Waals surface area contributed by atoms with Crippen molar-refractivity contribution in [2.24, 2.45) is 0 Å². The topological polar surface area (TPSA) is 95.0 Å². The van der Waals surface area contributed by atoms with Gasteiger partial charge in [0.1, 0.15) is 0 Å². The largest absolute Gasteiger partial charge is 0.493 e. The maximum atomic E-state index is 12.6. The number of anilines is 2. The van der Waals surface area contributed by atoms with Crippen LogP contribution in [0.2, 0.25) is 0 Å². The monoisotopic (exact) mass is 374 g/mol. The van der Waals surface area contributed by atoms with Crippen molar-refractivity contribution in [2.75, 3.05) is 57.8 Å². The summed E-state index contributed by atoms with van der Waals surface area (Å²) in [5.41, 5.74) is 0.854. The molecule has 0 saturated carbocycles. The highest BCUT2D eigenvalue weighted by molar-refractivity contribution is 6.05. The Labute approximate surface area is 157 Å². The summed E-state index contributed by atoms with van der Waals surface area (Å²) in [4.78, 5) is 23.3. The molecule has 0 atom stereocenters. The predicted octanol–water partition coefficient (Wildman–Crippen LogP) is 1.59. The molecule has 0 unspecified atom stereocenters. The number of benzene rings is 1. The number of hydrogen-bond donors (Lipinski definition) is 1. The lowest BCUT2D eigenvalue weighted by atomic mass is 10.1. The molecule has 2 heterocycles. The second kappa shape index (κ2) is 8.54.